The number of halogens is 1. The van der Waals surface area contributed by atoms with Crippen LogP contribution in [0.1, 0.15) is 55.5 Å². The highest BCUT2D eigenvalue weighted by Crippen LogP contribution is 2.39. The maximum Gasteiger partial charge on any atom is 0.0704 e. The molecule has 3 heteroatoms. The molecule has 1 heterocycles. The Morgan fingerprint density at radius 2 is 2.18 bits per heavy atom. The van der Waals surface area contributed by atoms with Gasteiger partial charge < -0.3 is 5.32 Å². The van der Waals surface area contributed by atoms with Crippen LogP contribution in [0.5, 0.6) is 0 Å². The van der Waals surface area contributed by atoms with Gasteiger partial charge in [-0.25, -0.2) is 0 Å². The average molecular weight is 314 g/mol. The first-order valence-corrected chi connectivity index (χ1v) is 8.39. The van der Waals surface area contributed by atoms with Gasteiger partial charge in [0.25, 0.3) is 0 Å². The molecule has 2 aliphatic rings. The van der Waals surface area contributed by atoms with E-state index < -0.39 is 0 Å². The van der Waals surface area contributed by atoms with Crippen molar-refractivity contribution in [3.8, 4) is 0 Å². The van der Waals surface area contributed by atoms with Gasteiger partial charge in [0.1, 0.15) is 0 Å². The molecule has 0 saturated heterocycles. The van der Waals surface area contributed by atoms with Crippen LogP contribution in [0, 0.1) is 5.92 Å². The van der Waals surface area contributed by atoms with Gasteiger partial charge in [0.15, 0.2) is 0 Å². The third kappa shape index (κ3) is 2.47. The van der Waals surface area contributed by atoms with Crippen LogP contribution in [0.15, 0.2) is 9.85 Å². The van der Waals surface area contributed by atoms with E-state index in [4.69, 9.17) is 0 Å². The molecule has 0 bridgehead atoms. The molecule has 2 atom stereocenters. The third-order valence-corrected chi connectivity index (χ3v) is 6.12. The molecule has 1 nitrogen and oxygen atoms in total. The maximum absolute atomic E-state index is 3.88. The number of hydrogen-bond acceptors (Lipinski definition) is 2. The van der Waals surface area contributed by atoms with Crippen molar-refractivity contribution in [2.24, 2.45) is 5.92 Å². The molecular weight excluding hydrogens is 294 g/mol. The lowest BCUT2D eigenvalue weighted by atomic mass is 9.79. The van der Waals surface area contributed by atoms with Crippen LogP contribution in [0.3, 0.4) is 0 Å². The molecule has 0 radical (unpaired) electrons. The molecule has 2 unspecified atom stereocenters. The van der Waals surface area contributed by atoms with E-state index in [0.29, 0.717) is 12.1 Å². The van der Waals surface area contributed by atoms with Crippen molar-refractivity contribution in [1.82, 2.24) is 5.32 Å². The summed E-state index contributed by atoms with van der Waals surface area (Å²) in [5, 5.41) is 3.88. The molecule has 94 valence electrons. The number of aryl methyl sites for hydroxylation is 1. The van der Waals surface area contributed by atoms with Gasteiger partial charge in [-0.3, -0.25) is 0 Å². The third-order valence-electron chi connectivity index (χ3n) is 4.40. The molecule has 0 amide bonds. The fourth-order valence-electron chi connectivity index (χ4n) is 3.09. The highest BCUT2D eigenvalue weighted by atomic mass is 79.9. The van der Waals surface area contributed by atoms with Gasteiger partial charge in [-0.15, -0.1) is 11.3 Å². The van der Waals surface area contributed by atoms with Crippen molar-refractivity contribution >= 4 is 27.3 Å². The van der Waals surface area contributed by atoms with Crippen molar-refractivity contribution < 1.29 is 0 Å². The SMILES string of the molecule is CC(NC1CCCc2sc(Br)cc21)C1CCC1. The summed E-state index contributed by atoms with van der Waals surface area (Å²) < 4.78 is 1.30. The molecule has 0 aromatic carbocycles. The molecule has 1 fully saturated rings. The van der Waals surface area contributed by atoms with Gasteiger partial charge in [-0.05, 0) is 72.5 Å². The summed E-state index contributed by atoms with van der Waals surface area (Å²) in [6, 6.07) is 3.64. The Morgan fingerprint density at radius 1 is 1.35 bits per heavy atom. The second kappa shape index (κ2) is 5.02. The lowest BCUT2D eigenvalue weighted by molar-refractivity contribution is 0.221. The highest BCUT2D eigenvalue weighted by Gasteiger charge is 2.28. The van der Waals surface area contributed by atoms with Crippen LogP contribution < -0.4 is 5.32 Å². The van der Waals surface area contributed by atoms with Crippen molar-refractivity contribution in [2.45, 2.75) is 57.5 Å². The number of thiophene rings is 1. The standard InChI is InChI=1S/C14H20BrNS/c1-9(10-4-2-5-10)16-12-6-3-7-13-11(12)8-14(15)17-13/h8-10,12,16H,2-7H2,1H3. The minimum atomic E-state index is 0.608. The first-order chi connectivity index (χ1) is 8.24. The summed E-state index contributed by atoms with van der Waals surface area (Å²) in [5.41, 5.74) is 1.57. The number of rotatable bonds is 3. The van der Waals surface area contributed by atoms with E-state index in [2.05, 4.69) is 34.2 Å². The highest BCUT2D eigenvalue weighted by molar-refractivity contribution is 9.11. The summed E-state index contributed by atoms with van der Waals surface area (Å²) >= 11 is 5.56. The number of nitrogens with one attached hydrogen (secondary N) is 1. The lowest BCUT2D eigenvalue weighted by Crippen LogP contribution is -2.40. The fourth-order valence-corrected chi connectivity index (χ4v) is 4.91. The summed E-state index contributed by atoms with van der Waals surface area (Å²) in [6.07, 6.45) is 8.24. The van der Waals surface area contributed by atoms with Gasteiger partial charge in [-0.1, -0.05) is 6.42 Å². The Hall–Kier alpha value is 0.140. The van der Waals surface area contributed by atoms with Gasteiger partial charge in [0.05, 0.1) is 3.79 Å². The van der Waals surface area contributed by atoms with E-state index in [1.807, 2.05) is 11.3 Å². The maximum atomic E-state index is 3.88. The monoisotopic (exact) mass is 313 g/mol. The summed E-state index contributed by atoms with van der Waals surface area (Å²) in [5.74, 6) is 0.933. The van der Waals surface area contributed by atoms with Gasteiger partial charge in [0, 0.05) is 17.0 Å². The van der Waals surface area contributed by atoms with E-state index in [1.54, 1.807) is 10.4 Å². The van der Waals surface area contributed by atoms with E-state index >= 15 is 0 Å². The predicted octanol–water partition coefficient (Wildman–Crippen LogP) is 4.67. The Bertz CT molecular complexity index is 397. The molecule has 2 aliphatic carbocycles. The molecule has 1 aromatic heterocycles. The number of fused-ring (bicyclic) bond motifs is 1. The Morgan fingerprint density at radius 3 is 2.88 bits per heavy atom. The fraction of sp³-hybridized carbons (Fsp3) is 0.714. The van der Waals surface area contributed by atoms with Crippen LogP contribution in [0.25, 0.3) is 0 Å². The van der Waals surface area contributed by atoms with Crippen molar-refractivity contribution in [2.75, 3.05) is 0 Å². The zero-order chi connectivity index (χ0) is 11.8. The minimum Gasteiger partial charge on any atom is -0.307 e. The van der Waals surface area contributed by atoms with E-state index in [9.17, 15) is 0 Å². The second-order valence-electron chi connectivity index (χ2n) is 5.52. The largest absolute Gasteiger partial charge is 0.307 e. The molecule has 0 aliphatic heterocycles. The van der Waals surface area contributed by atoms with Crippen LogP contribution in [0.2, 0.25) is 0 Å². The molecule has 1 aromatic rings. The van der Waals surface area contributed by atoms with E-state index in [1.165, 1.54) is 42.3 Å². The molecule has 0 spiro atoms. The lowest BCUT2D eigenvalue weighted by Gasteiger charge is -2.36. The summed E-state index contributed by atoms with van der Waals surface area (Å²) in [4.78, 5) is 1.60. The van der Waals surface area contributed by atoms with Crippen molar-refractivity contribution in [3.63, 3.8) is 0 Å². The zero-order valence-corrected chi connectivity index (χ0v) is 12.7. The normalized spacial score (nSPS) is 26.4. The molecule has 3 rings (SSSR count). The van der Waals surface area contributed by atoms with Crippen molar-refractivity contribution in [3.05, 3.63) is 20.3 Å². The first kappa shape index (κ1) is 12.2. The molecule has 1 N–H and O–H groups in total. The van der Waals surface area contributed by atoms with Crippen LogP contribution in [0.4, 0.5) is 0 Å². The van der Waals surface area contributed by atoms with Crippen molar-refractivity contribution in [1.29, 1.82) is 0 Å². The quantitative estimate of drug-likeness (QED) is 0.855. The van der Waals surface area contributed by atoms with Gasteiger partial charge >= 0.3 is 0 Å². The van der Waals surface area contributed by atoms with E-state index in [0.717, 1.165) is 5.92 Å². The smallest absolute Gasteiger partial charge is 0.0704 e. The molecule has 1 saturated carbocycles. The Kier molecular flexibility index (Phi) is 3.60. The first-order valence-electron chi connectivity index (χ1n) is 6.78. The van der Waals surface area contributed by atoms with Crippen LogP contribution in [-0.2, 0) is 6.42 Å². The summed E-state index contributed by atoms with van der Waals surface area (Å²) in [6.45, 7) is 2.37. The Balaban J connectivity index is 1.71. The van der Waals surface area contributed by atoms with Crippen LogP contribution >= 0.6 is 27.3 Å². The van der Waals surface area contributed by atoms with Gasteiger partial charge in [0.2, 0.25) is 0 Å². The topological polar surface area (TPSA) is 12.0 Å². The zero-order valence-electron chi connectivity index (χ0n) is 10.3. The summed E-state index contributed by atoms with van der Waals surface area (Å²) in [7, 11) is 0. The predicted molar refractivity (Wildman–Crippen MR) is 77.6 cm³/mol. The Labute approximate surface area is 116 Å². The van der Waals surface area contributed by atoms with E-state index in [-0.39, 0.29) is 0 Å². The minimum absolute atomic E-state index is 0.608. The van der Waals surface area contributed by atoms with Crippen LogP contribution in [-0.4, -0.2) is 6.04 Å². The number of hydrogen-bond donors (Lipinski definition) is 1. The molecular formula is C14H20BrNS. The molecule has 17 heavy (non-hydrogen) atoms. The second-order valence-corrected chi connectivity index (χ2v) is 8.04. The van der Waals surface area contributed by atoms with Gasteiger partial charge in [-0.2, -0.15) is 0 Å². The average Bonchev–Trinajstić information content (AvgIpc) is 2.56.